The minimum atomic E-state index is 0.932. The zero-order chi connectivity index (χ0) is 6.10. The highest BCUT2D eigenvalue weighted by Crippen LogP contribution is 2.18. The highest BCUT2D eigenvalue weighted by Gasteiger charge is 2.23. The van der Waals surface area contributed by atoms with Crippen LogP contribution in [-0.2, 0) is 4.74 Å². The molecule has 0 spiro atoms. The standard InChI is InChI=1S/C7H7NO/c1-2-4-7-6(3-1)8-5-9-7/h2,4-5H,1,3H2/q+1. The third kappa shape index (κ3) is 0.669. The van der Waals surface area contributed by atoms with Crippen LogP contribution in [0.1, 0.15) is 12.8 Å². The first-order chi connectivity index (χ1) is 4.47. The monoisotopic (exact) mass is 121 g/mol. The van der Waals surface area contributed by atoms with E-state index in [0.29, 0.717) is 0 Å². The Morgan fingerprint density at radius 3 is 3.44 bits per heavy atom. The second-order valence-electron chi connectivity index (χ2n) is 2.10. The summed E-state index contributed by atoms with van der Waals surface area (Å²) < 4.78 is 5.06. The quantitative estimate of drug-likeness (QED) is 0.468. The van der Waals surface area contributed by atoms with Crippen LogP contribution in [0.3, 0.4) is 0 Å². The molecular formula is C7H7NO+. The molecule has 0 atom stereocenters. The minimum Gasteiger partial charge on any atom is -0.399 e. The molecule has 9 heavy (non-hydrogen) atoms. The van der Waals surface area contributed by atoms with E-state index in [0.717, 1.165) is 24.3 Å². The second-order valence-corrected chi connectivity index (χ2v) is 2.10. The molecule has 2 heteroatoms. The molecule has 0 N–H and O–H groups in total. The molecule has 2 nitrogen and oxygen atoms in total. The minimum absolute atomic E-state index is 0.932. The number of nitrogens with zero attached hydrogens (tertiary/aromatic N) is 1. The summed E-state index contributed by atoms with van der Waals surface area (Å²) in [5.74, 6) is 0.932. The molecule has 2 rings (SSSR count). The van der Waals surface area contributed by atoms with Crippen molar-refractivity contribution in [2.24, 2.45) is 0 Å². The van der Waals surface area contributed by atoms with Crippen LogP contribution < -0.4 is 4.99 Å². The van der Waals surface area contributed by atoms with E-state index in [9.17, 15) is 0 Å². The summed E-state index contributed by atoms with van der Waals surface area (Å²) in [6.07, 6.45) is 7.71. The van der Waals surface area contributed by atoms with Gasteiger partial charge in [-0.1, -0.05) is 6.08 Å². The Balaban J connectivity index is 2.35. The van der Waals surface area contributed by atoms with Crippen LogP contribution in [-0.4, -0.2) is 6.40 Å². The van der Waals surface area contributed by atoms with Crippen molar-refractivity contribution in [1.82, 2.24) is 4.99 Å². The molecule has 0 bridgehead atoms. The van der Waals surface area contributed by atoms with Crippen LogP contribution >= 0.6 is 0 Å². The molecule has 1 aliphatic carbocycles. The normalized spacial score (nSPS) is 22.2. The lowest BCUT2D eigenvalue weighted by Gasteiger charge is -1.95. The Bertz CT molecular complexity index is 213. The zero-order valence-corrected chi connectivity index (χ0v) is 5.00. The molecule has 0 aromatic rings. The molecule has 0 aromatic heterocycles. The van der Waals surface area contributed by atoms with Crippen LogP contribution in [0.25, 0.3) is 0 Å². The Morgan fingerprint density at radius 1 is 1.56 bits per heavy atom. The van der Waals surface area contributed by atoms with Gasteiger partial charge in [-0.3, -0.25) is 0 Å². The van der Waals surface area contributed by atoms with Gasteiger partial charge in [-0.05, 0) is 12.5 Å². The van der Waals surface area contributed by atoms with E-state index in [1.54, 1.807) is 0 Å². The molecule has 0 saturated carbocycles. The molecule has 2 aliphatic rings. The lowest BCUT2D eigenvalue weighted by Crippen LogP contribution is -1.92. The zero-order valence-electron chi connectivity index (χ0n) is 5.00. The maximum absolute atomic E-state index is 5.06. The Kier molecular flexibility index (Phi) is 0.918. The fraction of sp³-hybridized carbons (Fsp3) is 0.286. The van der Waals surface area contributed by atoms with Gasteiger partial charge in [0.15, 0.2) is 0 Å². The second kappa shape index (κ2) is 1.72. The first-order valence-corrected chi connectivity index (χ1v) is 3.06. The Labute approximate surface area is 53.5 Å². The maximum atomic E-state index is 5.06. The van der Waals surface area contributed by atoms with Crippen LogP contribution in [0.2, 0.25) is 0 Å². The van der Waals surface area contributed by atoms with Gasteiger partial charge < -0.3 is 4.74 Å². The summed E-state index contributed by atoms with van der Waals surface area (Å²) in [6.45, 7) is 0. The molecule has 0 saturated heterocycles. The van der Waals surface area contributed by atoms with Crippen molar-refractivity contribution in [1.29, 1.82) is 0 Å². The fourth-order valence-electron chi connectivity index (χ4n) is 1.01. The number of hydrogen-bond acceptors (Lipinski definition) is 2. The largest absolute Gasteiger partial charge is 0.403 e. The predicted molar refractivity (Wildman–Crippen MR) is 34.7 cm³/mol. The average molecular weight is 121 g/mol. The van der Waals surface area contributed by atoms with E-state index in [-0.39, 0.29) is 0 Å². The van der Waals surface area contributed by atoms with E-state index in [1.165, 1.54) is 6.40 Å². The number of hydrogen-bond donors (Lipinski definition) is 0. The van der Waals surface area contributed by atoms with Crippen molar-refractivity contribution in [2.75, 3.05) is 0 Å². The van der Waals surface area contributed by atoms with Gasteiger partial charge >= 0.3 is 12.1 Å². The summed E-state index contributed by atoms with van der Waals surface area (Å²) in [6, 6.07) is 0. The Hall–Kier alpha value is -1.05. The van der Waals surface area contributed by atoms with Crippen molar-refractivity contribution in [3.63, 3.8) is 0 Å². The molecular weight excluding hydrogens is 114 g/mol. The SMILES string of the molecule is C1=CC2=C(CC1)[N+]=CO2. The van der Waals surface area contributed by atoms with Crippen LogP contribution in [0.15, 0.2) is 23.6 Å². The smallest absolute Gasteiger partial charge is 0.399 e. The topological polar surface area (TPSA) is 23.3 Å². The first kappa shape index (κ1) is 4.79. The molecule has 1 heterocycles. The molecule has 0 fully saturated rings. The summed E-state index contributed by atoms with van der Waals surface area (Å²) in [4.78, 5) is 4.04. The van der Waals surface area contributed by atoms with E-state index >= 15 is 0 Å². The number of rotatable bonds is 0. The summed E-state index contributed by atoms with van der Waals surface area (Å²) in [5, 5.41) is 0. The van der Waals surface area contributed by atoms with E-state index in [1.807, 2.05) is 6.08 Å². The van der Waals surface area contributed by atoms with E-state index in [4.69, 9.17) is 4.74 Å². The maximum Gasteiger partial charge on any atom is 0.403 e. The van der Waals surface area contributed by atoms with Gasteiger partial charge in [-0.25, -0.2) is 0 Å². The molecule has 0 unspecified atom stereocenters. The lowest BCUT2D eigenvalue weighted by atomic mass is 10.1. The van der Waals surface area contributed by atoms with Gasteiger partial charge in [0.1, 0.15) is 4.99 Å². The molecule has 45 valence electrons. The van der Waals surface area contributed by atoms with Crippen molar-refractivity contribution in [3.05, 3.63) is 23.6 Å². The van der Waals surface area contributed by atoms with Crippen LogP contribution in [0.4, 0.5) is 0 Å². The van der Waals surface area contributed by atoms with Gasteiger partial charge in [0, 0.05) is 6.42 Å². The molecule has 1 radical (unpaired) electrons. The van der Waals surface area contributed by atoms with E-state index < -0.39 is 0 Å². The highest BCUT2D eigenvalue weighted by molar-refractivity contribution is 5.55. The van der Waals surface area contributed by atoms with Gasteiger partial charge in [-0.15, -0.1) is 0 Å². The first-order valence-electron chi connectivity index (χ1n) is 3.06. The third-order valence-electron chi connectivity index (χ3n) is 1.49. The summed E-state index contributed by atoms with van der Waals surface area (Å²) >= 11 is 0. The number of aliphatic imine (C=N–C) groups is 1. The fourth-order valence-corrected chi connectivity index (χ4v) is 1.01. The van der Waals surface area contributed by atoms with Gasteiger partial charge in [0.25, 0.3) is 0 Å². The summed E-state index contributed by atoms with van der Waals surface area (Å²) in [5.41, 5.74) is 1.09. The number of ether oxygens (including phenoxy) is 1. The van der Waals surface area contributed by atoms with Crippen molar-refractivity contribution >= 4 is 6.40 Å². The van der Waals surface area contributed by atoms with Crippen LogP contribution in [0.5, 0.6) is 0 Å². The van der Waals surface area contributed by atoms with Crippen molar-refractivity contribution in [3.8, 4) is 0 Å². The Morgan fingerprint density at radius 2 is 2.56 bits per heavy atom. The number of allylic oxidation sites excluding steroid dienone is 3. The average Bonchev–Trinajstić information content (AvgIpc) is 2.33. The van der Waals surface area contributed by atoms with Crippen molar-refractivity contribution < 1.29 is 4.74 Å². The molecule has 0 amide bonds. The molecule has 0 aromatic carbocycles. The predicted octanol–water partition coefficient (Wildman–Crippen LogP) is 0.942. The van der Waals surface area contributed by atoms with E-state index in [2.05, 4.69) is 11.1 Å². The summed E-state index contributed by atoms with van der Waals surface area (Å²) in [7, 11) is 0. The van der Waals surface area contributed by atoms with Gasteiger partial charge in [0.2, 0.25) is 5.76 Å². The van der Waals surface area contributed by atoms with Crippen LogP contribution in [0, 0.1) is 0 Å². The molecule has 1 aliphatic heterocycles. The highest BCUT2D eigenvalue weighted by atomic mass is 16.5. The lowest BCUT2D eigenvalue weighted by molar-refractivity contribution is 0.460. The van der Waals surface area contributed by atoms with Crippen molar-refractivity contribution in [2.45, 2.75) is 12.8 Å². The van der Waals surface area contributed by atoms with Gasteiger partial charge in [0.05, 0.1) is 0 Å². The van der Waals surface area contributed by atoms with Gasteiger partial charge in [-0.2, -0.15) is 0 Å². The third-order valence-corrected chi connectivity index (χ3v) is 1.49.